The molecule has 0 spiro atoms. The fourth-order valence-electron chi connectivity index (χ4n) is 1.46. The topological polar surface area (TPSA) is 35.4 Å². The third-order valence-corrected chi connectivity index (χ3v) is 3.13. The van der Waals surface area contributed by atoms with Crippen molar-refractivity contribution in [1.29, 1.82) is 0 Å². The summed E-state index contributed by atoms with van der Waals surface area (Å²) in [6.07, 6.45) is 3.63. The summed E-state index contributed by atoms with van der Waals surface area (Å²) in [6, 6.07) is 14.8. The minimum Gasteiger partial charge on any atom is -0.872 e. The van der Waals surface area contributed by atoms with Crippen molar-refractivity contribution in [1.82, 2.24) is 0 Å². The Morgan fingerprint density at radius 1 is 1.06 bits per heavy atom. The standard InChI is InChI=1S/C14H13NOS.Li/c1-17-14-9-5-3-7-12(14)15-10-11-6-2-4-8-13(11)16;/h2-10,16H,1H3;/q;+1/p-1. The van der Waals surface area contributed by atoms with E-state index in [1.807, 2.05) is 36.6 Å². The molecule has 0 aromatic heterocycles. The molecule has 0 radical (unpaired) electrons. The van der Waals surface area contributed by atoms with Crippen molar-refractivity contribution in [2.45, 2.75) is 4.90 Å². The molecule has 0 aliphatic heterocycles. The number of para-hydroxylation sites is 2. The van der Waals surface area contributed by atoms with Crippen LogP contribution in [0.5, 0.6) is 5.75 Å². The molecule has 0 heterocycles. The molecule has 0 N–H and O–H groups in total. The molecule has 86 valence electrons. The smallest absolute Gasteiger partial charge is 0.872 e. The Morgan fingerprint density at radius 3 is 2.44 bits per heavy atom. The van der Waals surface area contributed by atoms with Crippen LogP contribution in [0.15, 0.2) is 58.4 Å². The number of rotatable bonds is 3. The minimum atomic E-state index is -0.00196. The van der Waals surface area contributed by atoms with E-state index in [2.05, 4.69) is 4.99 Å². The van der Waals surface area contributed by atoms with Crippen molar-refractivity contribution < 1.29 is 24.0 Å². The average Bonchev–Trinajstić information content (AvgIpc) is 2.38. The summed E-state index contributed by atoms with van der Waals surface area (Å²) in [6.45, 7) is 0. The van der Waals surface area contributed by atoms with Crippen molar-refractivity contribution in [3.05, 3.63) is 54.1 Å². The number of benzene rings is 2. The van der Waals surface area contributed by atoms with Gasteiger partial charge in [-0.3, -0.25) is 4.99 Å². The predicted octanol–water partition coefficient (Wildman–Crippen LogP) is 0.237. The molecule has 0 saturated carbocycles. The van der Waals surface area contributed by atoms with Crippen LogP contribution in [0, 0.1) is 0 Å². The van der Waals surface area contributed by atoms with Gasteiger partial charge in [0.2, 0.25) is 0 Å². The van der Waals surface area contributed by atoms with Gasteiger partial charge in [0, 0.05) is 11.1 Å². The molecule has 0 amide bonds. The third-order valence-electron chi connectivity index (χ3n) is 2.35. The van der Waals surface area contributed by atoms with E-state index >= 15 is 0 Å². The second-order valence-electron chi connectivity index (χ2n) is 3.47. The van der Waals surface area contributed by atoms with E-state index in [0.717, 1.165) is 10.6 Å². The molecule has 0 fully saturated rings. The van der Waals surface area contributed by atoms with E-state index in [9.17, 15) is 5.11 Å². The van der Waals surface area contributed by atoms with Crippen LogP contribution in [-0.4, -0.2) is 12.5 Å². The maximum Gasteiger partial charge on any atom is 1.00 e. The summed E-state index contributed by atoms with van der Waals surface area (Å²) >= 11 is 1.64. The Labute approximate surface area is 123 Å². The van der Waals surface area contributed by atoms with Gasteiger partial charge in [0.15, 0.2) is 0 Å². The molecule has 0 aliphatic carbocycles. The minimum absolute atomic E-state index is 0. The van der Waals surface area contributed by atoms with Crippen molar-refractivity contribution in [2.75, 3.05) is 6.26 Å². The molecule has 0 atom stereocenters. The van der Waals surface area contributed by atoms with Crippen LogP contribution in [-0.2, 0) is 0 Å². The van der Waals surface area contributed by atoms with Gasteiger partial charge in [0.05, 0.1) is 5.69 Å². The quantitative estimate of drug-likeness (QED) is 0.444. The first-order chi connectivity index (χ1) is 8.31. The summed E-state index contributed by atoms with van der Waals surface area (Å²) in [5, 5.41) is 11.5. The van der Waals surface area contributed by atoms with Gasteiger partial charge in [-0.15, -0.1) is 17.5 Å². The second-order valence-corrected chi connectivity index (χ2v) is 4.32. The third kappa shape index (κ3) is 3.68. The zero-order chi connectivity index (χ0) is 12.1. The summed E-state index contributed by atoms with van der Waals surface area (Å²) in [7, 11) is 0. The fourth-order valence-corrected chi connectivity index (χ4v) is 2.01. The monoisotopic (exact) mass is 249 g/mol. The largest absolute Gasteiger partial charge is 1.00 e. The van der Waals surface area contributed by atoms with E-state index in [-0.39, 0.29) is 24.6 Å². The van der Waals surface area contributed by atoms with Crippen LogP contribution in [0.4, 0.5) is 5.69 Å². The molecule has 2 aromatic rings. The van der Waals surface area contributed by atoms with Gasteiger partial charge in [0.25, 0.3) is 0 Å². The van der Waals surface area contributed by atoms with Gasteiger partial charge in [-0.2, -0.15) is 0 Å². The van der Waals surface area contributed by atoms with Gasteiger partial charge in [-0.1, -0.05) is 36.4 Å². The molecule has 2 rings (SSSR count). The van der Waals surface area contributed by atoms with Crippen LogP contribution in [0.1, 0.15) is 5.56 Å². The molecule has 0 aliphatic rings. The van der Waals surface area contributed by atoms with Crippen LogP contribution in [0.2, 0.25) is 0 Å². The number of hydrogen-bond acceptors (Lipinski definition) is 3. The zero-order valence-corrected chi connectivity index (χ0v) is 11.3. The SMILES string of the molecule is CSc1ccccc1N=Cc1ccccc1[O-].[Li+]. The number of thioether (sulfide) groups is 1. The molecule has 2 aromatic carbocycles. The van der Waals surface area contributed by atoms with Crippen molar-refractivity contribution >= 4 is 23.7 Å². The summed E-state index contributed by atoms with van der Waals surface area (Å²) < 4.78 is 0. The predicted molar refractivity (Wildman–Crippen MR) is 71.4 cm³/mol. The van der Waals surface area contributed by atoms with Gasteiger partial charge in [0.1, 0.15) is 0 Å². The summed E-state index contributed by atoms with van der Waals surface area (Å²) in [4.78, 5) is 5.47. The number of aliphatic imine (C=N–C) groups is 1. The maximum absolute atomic E-state index is 11.5. The Morgan fingerprint density at radius 2 is 1.72 bits per heavy atom. The normalized spacial score (nSPS) is 10.3. The first-order valence-corrected chi connectivity index (χ1v) is 6.47. The van der Waals surface area contributed by atoms with E-state index < -0.39 is 0 Å². The Hall–Kier alpha value is -1.14. The molecule has 0 unspecified atom stereocenters. The maximum atomic E-state index is 11.5. The van der Waals surface area contributed by atoms with Crippen molar-refractivity contribution in [2.24, 2.45) is 4.99 Å². The zero-order valence-electron chi connectivity index (χ0n) is 10.5. The summed E-state index contributed by atoms with van der Waals surface area (Å²) in [5.41, 5.74) is 1.51. The van der Waals surface area contributed by atoms with Gasteiger partial charge < -0.3 is 5.11 Å². The average molecular weight is 249 g/mol. The van der Waals surface area contributed by atoms with E-state index in [4.69, 9.17) is 0 Å². The first kappa shape index (κ1) is 14.9. The Balaban J connectivity index is 0.00000162. The fraction of sp³-hybridized carbons (Fsp3) is 0.0714. The van der Waals surface area contributed by atoms with Crippen LogP contribution in [0.3, 0.4) is 0 Å². The number of hydrogen-bond donors (Lipinski definition) is 0. The van der Waals surface area contributed by atoms with Crippen LogP contribution in [0.25, 0.3) is 0 Å². The number of nitrogens with zero attached hydrogens (tertiary/aromatic N) is 1. The van der Waals surface area contributed by atoms with Crippen LogP contribution < -0.4 is 24.0 Å². The molecule has 4 heteroatoms. The van der Waals surface area contributed by atoms with E-state index in [0.29, 0.717) is 5.56 Å². The van der Waals surface area contributed by atoms with Gasteiger partial charge >= 0.3 is 18.9 Å². The van der Waals surface area contributed by atoms with Gasteiger partial charge in [-0.25, -0.2) is 0 Å². The summed E-state index contributed by atoms with van der Waals surface area (Å²) in [5.74, 6) is -0.00196. The molecular weight excluding hydrogens is 237 g/mol. The molecule has 2 nitrogen and oxygen atoms in total. The second kappa shape index (κ2) is 7.33. The van der Waals surface area contributed by atoms with Crippen LogP contribution >= 0.6 is 11.8 Å². The van der Waals surface area contributed by atoms with Crippen molar-refractivity contribution in [3.8, 4) is 5.75 Å². The van der Waals surface area contributed by atoms with Gasteiger partial charge in [-0.05, 0) is 24.0 Å². The van der Waals surface area contributed by atoms with E-state index in [1.54, 1.807) is 36.2 Å². The molecule has 0 bridgehead atoms. The first-order valence-electron chi connectivity index (χ1n) is 5.24. The Bertz CT molecular complexity index is 543. The molecule has 0 saturated heterocycles. The van der Waals surface area contributed by atoms with E-state index in [1.165, 1.54) is 0 Å². The molecular formula is C14H12LiNOS. The Kier molecular flexibility index (Phi) is 6.07. The van der Waals surface area contributed by atoms with Crippen molar-refractivity contribution in [3.63, 3.8) is 0 Å². The molecule has 18 heavy (non-hydrogen) atoms.